The molecule has 4 heteroatoms. The van der Waals surface area contributed by atoms with Crippen molar-refractivity contribution in [2.24, 2.45) is 5.73 Å². The van der Waals surface area contributed by atoms with Gasteiger partial charge < -0.3 is 10.5 Å². The van der Waals surface area contributed by atoms with E-state index in [1.165, 1.54) is 12.1 Å². The maximum Gasteiger partial charge on any atom is 0.182 e. The summed E-state index contributed by atoms with van der Waals surface area (Å²) in [5.74, 6) is -0.535. The van der Waals surface area contributed by atoms with E-state index in [-0.39, 0.29) is 11.5 Å². The van der Waals surface area contributed by atoms with E-state index in [9.17, 15) is 9.18 Å². The Morgan fingerprint density at radius 2 is 2.25 bits per heavy atom. The van der Waals surface area contributed by atoms with Crippen molar-refractivity contribution in [1.29, 1.82) is 0 Å². The van der Waals surface area contributed by atoms with E-state index in [1.807, 2.05) is 0 Å². The highest BCUT2D eigenvalue weighted by Gasteiger charge is 2.46. The molecule has 3 nitrogen and oxygen atoms in total. The van der Waals surface area contributed by atoms with E-state index in [2.05, 4.69) is 0 Å². The number of rotatable bonds is 4. The van der Waals surface area contributed by atoms with Crippen molar-refractivity contribution in [3.05, 3.63) is 29.6 Å². The van der Waals surface area contributed by atoms with Gasteiger partial charge in [-0.1, -0.05) is 0 Å². The molecule has 16 heavy (non-hydrogen) atoms. The lowest BCUT2D eigenvalue weighted by molar-refractivity contribution is 0.0948. The van der Waals surface area contributed by atoms with Gasteiger partial charge in [0.05, 0.1) is 12.1 Å². The predicted octanol–water partition coefficient (Wildman–Crippen LogP) is 1.90. The van der Waals surface area contributed by atoms with Gasteiger partial charge in [-0.2, -0.15) is 0 Å². The van der Waals surface area contributed by atoms with Crippen LogP contribution in [-0.4, -0.2) is 17.9 Å². The average Bonchev–Trinajstić information content (AvgIpc) is 3.00. The number of carbonyl (C=O) groups is 1. The first-order valence-corrected chi connectivity index (χ1v) is 5.33. The fourth-order valence-corrected chi connectivity index (χ4v) is 1.56. The van der Waals surface area contributed by atoms with Crippen LogP contribution in [0.2, 0.25) is 0 Å². The van der Waals surface area contributed by atoms with Gasteiger partial charge >= 0.3 is 0 Å². The zero-order chi connectivity index (χ0) is 11.8. The monoisotopic (exact) mass is 223 g/mol. The van der Waals surface area contributed by atoms with Gasteiger partial charge in [0.15, 0.2) is 17.3 Å². The van der Waals surface area contributed by atoms with Gasteiger partial charge in [-0.3, -0.25) is 4.79 Å². The molecule has 1 fully saturated rings. The first-order valence-electron chi connectivity index (χ1n) is 5.33. The quantitative estimate of drug-likeness (QED) is 0.793. The van der Waals surface area contributed by atoms with E-state index in [0.29, 0.717) is 25.0 Å². The minimum Gasteiger partial charge on any atom is -0.491 e. The third kappa shape index (κ3) is 1.93. The number of ketones is 1. The Bertz CT molecular complexity index is 427. The normalized spacial score (nSPS) is 16.9. The first kappa shape index (κ1) is 11.1. The number of Topliss-reactive ketones (excluding diaryl/α,β-unsaturated/α-hetero) is 1. The molecule has 0 spiro atoms. The van der Waals surface area contributed by atoms with E-state index in [1.54, 1.807) is 13.0 Å². The first-order chi connectivity index (χ1) is 7.57. The fraction of sp³-hybridized carbons (Fsp3) is 0.417. The van der Waals surface area contributed by atoms with Crippen LogP contribution in [0.3, 0.4) is 0 Å². The molecule has 1 aromatic carbocycles. The minimum atomic E-state index is -0.750. The van der Waals surface area contributed by atoms with Crippen molar-refractivity contribution < 1.29 is 13.9 Å². The van der Waals surface area contributed by atoms with Crippen molar-refractivity contribution in [3.63, 3.8) is 0 Å². The molecule has 0 bridgehead atoms. The van der Waals surface area contributed by atoms with Gasteiger partial charge in [0.25, 0.3) is 0 Å². The summed E-state index contributed by atoms with van der Waals surface area (Å²) in [6.45, 7) is 2.17. The Morgan fingerprint density at radius 3 is 2.75 bits per heavy atom. The zero-order valence-corrected chi connectivity index (χ0v) is 9.13. The molecule has 0 radical (unpaired) electrons. The minimum absolute atomic E-state index is 0.168. The average molecular weight is 223 g/mol. The topological polar surface area (TPSA) is 52.3 Å². The molecule has 0 atom stereocenters. The van der Waals surface area contributed by atoms with Crippen LogP contribution in [0.5, 0.6) is 5.75 Å². The maximum absolute atomic E-state index is 13.5. The molecule has 1 aliphatic carbocycles. The van der Waals surface area contributed by atoms with Gasteiger partial charge in [0.2, 0.25) is 0 Å². The number of nitrogens with two attached hydrogens (primary N) is 1. The van der Waals surface area contributed by atoms with Crippen molar-refractivity contribution in [3.8, 4) is 5.75 Å². The molecule has 2 N–H and O–H groups in total. The van der Waals surface area contributed by atoms with E-state index in [0.717, 1.165) is 0 Å². The van der Waals surface area contributed by atoms with Crippen molar-refractivity contribution in [2.75, 3.05) is 6.61 Å². The second-order valence-corrected chi connectivity index (χ2v) is 4.06. The molecule has 0 aromatic heterocycles. The lowest BCUT2D eigenvalue weighted by Crippen LogP contribution is -2.32. The molecule has 0 aliphatic heterocycles. The highest BCUT2D eigenvalue weighted by Crippen LogP contribution is 2.36. The molecular formula is C12H14FNO2. The highest BCUT2D eigenvalue weighted by molar-refractivity contribution is 6.05. The van der Waals surface area contributed by atoms with Crippen LogP contribution >= 0.6 is 0 Å². The van der Waals surface area contributed by atoms with Gasteiger partial charge in [-0.05, 0) is 38.0 Å². The molecule has 1 aliphatic rings. The second-order valence-electron chi connectivity index (χ2n) is 4.06. The van der Waals surface area contributed by atoms with Gasteiger partial charge in [0, 0.05) is 5.56 Å². The summed E-state index contributed by atoms with van der Waals surface area (Å²) in [5, 5.41) is 0. The molecule has 0 saturated heterocycles. The lowest BCUT2D eigenvalue weighted by atomic mass is 10.0. The highest BCUT2D eigenvalue weighted by atomic mass is 19.1. The number of ether oxygens (including phenoxy) is 1. The Balaban J connectivity index is 2.24. The summed E-state index contributed by atoms with van der Waals surface area (Å²) in [7, 11) is 0. The lowest BCUT2D eigenvalue weighted by Gasteiger charge is -2.09. The van der Waals surface area contributed by atoms with Crippen molar-refractivity contribution >= 4 is 5.78 Å². The van der Waals surface area contributed by atoms with Gasteiger partial charge in [0.1, 0.15) is 0 Å². The van der Waals surface area contributed by atoms with Crippen LogP contribution in [0, 0.1) is 5.82 Å². The standard InChI is InChI=1S/C12H14FNO2/c1-2-16-10-4-3-8(7-9(10)13)11(15)12(14)5-6-12/h3-4,7H,2,5-6,14H2,1H3. The summed E-state index contributed by atoms with van der Waals surface area (Å²) in [6, 6.07) is 4.22. The summed E-state index contributed by atoms with van der Waals surface area (Å²) in [6.07, 6.45) is 1.36. The molecule has 1 saturated carbocycles. The van der Waals surface area contributed by atoms with E-state index in [4.69, 9.17) is 10.5 Å². The smallest absolute Gasteiger partial charge is 0.182 e. The van der Waals surface area contributed by atoms with Gasteiger partial charge in [-0.25, -0.2) is 4.39 Å². The SMILES string of the molecule is CCOc1ccc(C(=O)C2(N)CC2)cc1F. The predicted molar refractivity (Wildman–Crippen MR) is 58.1 cm³/mol. The van der Waals surface area contributed by atoms with Crippen LogP contribution in [0.4, 0.5) is 4.39 Å². The second kappa shape index (κ2) is 3.87. The third-order valence-electron chi connectivity index (χ3n) is 2.73. The Kier molecular flexibility index (Phi) is 2.68. The van der Waals surface area contributed by atoms with Crippen LogP contribution in [0.15, 0.2) is 18.2 Å². The Hall–Kier alpha value is -1.42. The largest absolute Gasteiger partial charge is 0.491 e. The van der Waals surface area contributed by atoms with Crippen LogP contribution < -0.4 is 10.5 Å². The molecule has 0 unspecified atom stereocenters. The molecule has 0 heterocycles. The van der Waals surface area contributed by atoms with Crippen LogP contribution in [0.1, 0.15) is 30.1 Å². The Morgan fingerprint density at radius 1 is 1.56 bits per heavy atom. The summed E-state index contributed by atoms with van der Waals surface area (Å²) < 4.78 is 18.5. The number of hydrogen-bond acceptors (Lipinski definition) is 3. The summed E-state index contributed by atoms with van der Waals surface area (Å²) >= 11 is 0. The number of halogens is 1. The molecule has 1 aromatic rings. The van der Waals surface area contributed by atoms with E-state index < -0.39 is 11.4 Å². The number of hydrogen-bond donors (Lipinski definition) is 1. The van der Waals surface area contributed by atoms with Crippen LogP contribution in [-0.2, 0) is 0 Å². The van der Waals surface area contributed by atoms with Gasteiger partial charge in [-0.15, -0.1) is 0 Å². The van der Waals surface area contributed by atoms with Crippen molar-refractivity contribution in [1.82, 2.24) is 0 Å². The van der Waals surface area contributed by atoms with E-state index >= 15 is 0 Å². The number of benzene rings is 1. The zero-order valence-electron chi connectivity index (χ0n) is 9.13. The molecule has 2 rings (SSSR count). The molecule has 86 valence electrons. The maximum atomic E-state index is 13.5. The summed E-state index contributed by atoms with van der Waals surface area (Å²) in [5.41, 5.74) is 5.34. The Labute approximate surface area is 93.4 Å². The van der Waals surface area contributed by atoms with Crippen LogP contribution in [0.25, 0.3) is 0 Å². The third-order valence-corrected chi connectivity index (χ3v) is 2.73. The summed E-state index contributed by atoms with van der Waals surface area (Å²) in [4.78, 5) is 11.8. The molecule has 0 amide bonds. The van der Waals surface area contributed by atoms with Crippen molar-refractivity contribution in [2.45, 2.75) is 25.3 Å². The number of carbonyl (C=O) groups excluding carboxylic acids is 1. The molecular weight excluding hydrogens is 209 g/mol. The fourth-order valence-electron chi connectivity index (χ4n) is 1.56.